The molecule has 33 heavy (non-hydrogen) atoms. The summed E-state index contributed by atoms with van der Waals surface area (Å²) in [5, 5.41) is 7.65. The van der Waals surface area contributed by atoms with Crippen LogP contribution in [0, 0.1) is 5.41 Å². The maximum absolute atomic E-state index is 13.4. The molecule has 1 atom stereocenters. The molecule has 6 heteroatoms. The molecule has 2 aromatic rings. The van der Waals surface area contributed by atoms with Crippen LogP contribution in [-0.2, 0) is 17.6 Å². The molecule has 1 spiro atoms. The third-order valence-electron chi connectivity index (χ3n) is 8.06. The number of carbonyl (C=O) groups is 1. The molecule has 1 aliphatic heterocycles. The average Bonchev–Trinajstić information content (AvgIpc) is 3.59. The highest BCUT2D eigenvalue weighted by molar-refractivity contribution is 8.00. The third kappa shape index (κ3) is 5.26. The Morgan fingerprint density at radius 1 is 1.03 bits per heavy atom. The highest BCUT2D eigenvalue weighted by Gasteiger charge is 2.44. The fraction of sp³-hybridized carbons (Fsp3) is 0.630. The van der Waals surface area contributed by atoms with Crippen LogP contribution >= 0.6 is 11.8 Å². The van der Waals surface area contributed by atoms with Gasteiger partial charge in [-0.2, -0.15) is 16.9 Å². The largest absolute Gasteiger partial charge is 0.484 e. The van der Waals surface area contributed by atoms with Crippen molar-refractivity contribution in [2.45, 2.75) is 82.3 Å². The Morgan fingerprint density at radius 2 is 1.82 bits per heavy atom. The molecule has 2 aliphatic carbocycles. The molecule has 0 radical (unpaired) electrons. The Hall–Kier alpha value is -1.95. The van der Waals surface area contributed by atoms with E-state index in [0.717, 1.165) is 31.0 Å². The first-order valence-corrected chi connectivity index (χ1v) is 13.9. The predicted octanol–water partition coefficient (Wildman–Crippen LogP) is 5.94. The maximum atomic E-state index is 13.4. The summed E-state index contributed by atoms with van der Waals surface area (Å²) >= 11 is 2.07. The number of anilines is 1. The number of aryl methyl sites for hydroxylation is 2. The van der Waals surface area contributed by atoms with Gasteiger partial charge in [0.05, 0.1) is 6.20 Å². The van der Waals surface area contributed by atoms with Crippen molar-refractivity contribution in [1.82, 2.24) is 10.2 Å². The SMILES string of the molecule is O=C(COc1ccc2c(c1)CCC2)N(CC1SCCC12CCCCCCCC2)c1ccn[nH]1. The van der Waals surface area contributed by atoms with E-state index in [0.29, 0.717) is 10.7 Å². The molecule has 1 unspecified atom stereocenters. The van der Waals surface area contributed by atoms with Crippen molar-refractivity contribution in [3.8, 4) is 5.75 Å². The topological polar surface area (TPSA) is 58.2 Å². The van der Waals surface area contributed by atoms with E-state index in [1.54, 1.807) is 6.20 Å². The summed E-state index contributed by atoms with van der Waals surface area (Å²) in [5.41, 5.74) is 3.16. The minimum absolute atomic E-state index is 0.00506. The van der Waals surface area contributed by atoms with E-state index in [1.165, 1.54) is 81.1 Å². The summed E-state index contributed by atoms with van der Waals surface area (Å²) in [4.78, 5) is 15.3. The van der Waals surface area contributed by atoms with Crippen LogP contribution < -0.4 is 9.64 Å². The molecule has 1 aromatic heterocycles. The van der Waals surface area contributed by atoms with Gasteiger partial charge in [-0.25, -0.2) is 0 Å². The lowest BCUT2D eigenvalue weighted by atomic mass is 9.73. The number of nitrogens with zero attached hydrogens (tertiary/aromatic N) is 2. The number of fused-ring (bicyclic) bond motifs is 1. The average molecular weight is 468 g/mol. The highest BCUT2D eigenvalue weighted by Crippen LogP contribution is 2.51. The van der Waals surface area contributed by atoms with Crippen LogP contribution in [0.15, 0.2) is 30.5 Å². The minimum Gasteiger partial charge on any atom is -0.484 e. The zero-order chi connectivity index (χ0) is 22.5. The van der Waals surface area contributed by atoms with Crippen LogP contribution in [0.1, 0.15) is 75.3 Å². The van der Waals surface area contributed by atoms with Gasteiger partial charge in [0.15, 0.2) is 6.61 Å². The number of thioether (sulfide) groups is 1. The molecular formula is C27H37N3O2S. The first-order chi connectivity index (χ1) is 16.2. The van der Waals surface area contributed by atoms with Crippen molar-refractivity contribution < 1.29 is 9.53 Å². The van der Waals surface area contributed by atoms with Crippen molar-refractivity contribution in [3.05, 3.63) is 41.6 Å². The summed E-state index contributed by atoms with van der Waals surface area (Å²) < 4.78 is 5.99. The van der Waals surface area contributed by atoms with Gasteiger partial charge in [0, 0.05) is 17.9 Å². The van der Waals surface area contributed by atoms with Gasteiger partial charge in [-0.15, -0.1) is 0 Å². The number of hydrogen-bond donors (Lipinski definition) is 1. The number of amides is 1. The lowest BCUT2D eigenvalue weighted by molar-refractivity contribution is -0.120. The number of rotatable bonds is 6. The normalized spacial score (nSPS) is 22.4. The zero-order valence-corrected chi connectivity index (χ0v) is 20.5. The minimum atomic E-state index is 0.00506. The summed E-state index contributed by atoms with van der Waals surface area (Å²) in [6, 6.07) is 8.19. The molecule has 2 heterocycles. The summed E-state index contributed by atoms with van der Waals surface area (Å²) in [5.74, 6) is 2.80. The second-order valence-corrected chi connectivity index (χ2v) is 11.4. The number of hydrogen-bond acceptors (Lipinski definition) is 4. The number of aromatic nitrogens is 2. The van der Waals surface area contributed by atoms with Crippen LogP contribution in [0.3, 0.4) is 0 Å². The quantitative estimate of drug-likeness (QED) is 0.571. The molecule has 1 saturated carbocycles. The summed E-state index contributed by atoms with van der Waals surface area (Å²) in [7, 11) is 0. The molecule has 5 rings (SSSR count). The molecule has 0 bridgehead atoms. The van der Waals surface area contributed by atoms with Gasteiger partial charge < -0.3 is 4.74 Å². The summed E-state index contributed by atoms with van der Waals surface area (Å²) in [6.07, 6.45) is 17.3. The Morgan fingerprint density at radius 3 is 2.61 bits per heavy atom. The first kappa shape index (κ1) is 22.8. The van der Waals surface area contributed by atoms with Crippen LogP contribution in [0.25, 0.3) is 0 Å². The van der Waals surface area contributed by atoms with Crippen molar-refractivity contribution in [2.24, 2.45) is 5.41 Å². The van der Waals surface area contributed by atoms with E-state index >= 15 is 0 Å². The Kier molecular flexibility index (Phi) is 7.29. The molecule has 1 aromatic carbocycles. The highest BCUT2D eigenvalue weighted by atomic mass is 32.2. The number of H-pyrrole nitrogens is 1. The van der Waals surface area contributed by atoms with Gasteiger partial charge in [-0.05, 0) is 73.0 Å². The van der Waals surface area contributed by atoms with Crippen LogP contribution in [0.4, 0.5) is 5.82 Å². The van der Waals surface area contributed by atoms with Gasteiger partial charge in [-0.3, -0.25) is 14.8 Å². The Labute approximate surface area is 202 Å². The fourth-order valence-electron chi connectivity index (χ4n) is 6.11. The van der Waals surface area contributed by atoms with E-state index in [9.17, 15) is 4.79 Å². The standard InChI is InChI=1S/C27H37N3O2S/c31-26(20-32-23-11-10-21-8-7-9-22(21)18-23)30(25-12-16-28-29-25)19-24-27(15-17-33-24)13-5-3-1-2-4-6-14-27/h10-12,16,18,24H,1-9,13-15,17,19-20H2,(H,28,29). The number of aromatic amines is 1. The second-order valence-electron chi connectivity index (χ2n) is 10.1. The van der Waals surface area contributed by atoms with Gasteiger partial charge in [0.25, 0.3) is 5.91 Å². The lowest BCUT2D eigenvalue weighted by Crippen LogP contribution is -2.44. The molecule has 3 aliphatic rings. The number of carbonyl (C=O) groups excluding carboxylic acids is 1. The van der Waals surface area contributed by atoms with Gasteiger partial charge in [-0.1, -0.05) is 44.6 Å². The van der Waals surface area contributed by atoms with E-state index < -0.39 is 0 Å². The molecule has 1 amide bonds. The van der Waals surface area contributed by atoms with Gasteiger partial charge >= 0.3 is 0 Å². The molecule has 5 nitrogen and oxygen atoms in total. The van der Waals surface area contributed by atoms with Crippen molar-refractivity contribution >= 4 is 23.5 Å². The maximum Gasteiger partial charge on any atom is 0.266 e. The molecule has 1 saturated heterocycles. The third-order valence-corrected chi connectivity index (χ3v) is 9.55. The second kappa shape index (κ2) is 10.5. The molecular weight excluding hydrogens is 430 g/mol. The molecule has 178 valence electrons. The Balaban J connectivity index is 1.29. The smallest absolute Gasteiger partial charge is 0.266 e. The Bertz CT molecular complexity index is 919. The predicted molar refractivity (Wildman–Crippen MR) is 135 cm³/mol. The fourth-order valence-corrected chi connectivity index (χ4v) is 7.88. The van der Waals surface area contributed by atoms with Gasteiger partial charge in [0.1, 0.15) is 11.6 Å². The van der Waals surface area contributed by atoms with E-state index in [2.05, 4.69) is 34.1 Å². The van der Waals surface area contributed by atoms with E-state index in [1.807, 2.05) is 17.0 Å². The van der Waals surface area contributed by atoms with Gasteiger partial charge in [0.2, 0.25) is 0 Å². The van der Waals surface area contributed by atoms with Crippen LogP contribution in [-0.4, -0.2) is 40.3 Å². The number of benzene rings is 1. The first-order valence-electron chi connectivity index (χ1n) is 12.9. The van der Waals surface area contributed by atoms with Crippen molar-refractivity contribution in [1.29, 1.82) is 0 Å². The number of nitrogens with one attached hydrogen (secondary N) is 1. The number of ether oxygens (including phenoxy) is 1. The van der Waals surface area contributed by atoms with Crippen molar-refractivity contribution in [3.63, 3.8) is 0 Å². The summed E-state index contributed by atoms with van der Waals surface area (Å²) in [6.45, 7) is 0.793. The van der Waals surface area contributed by atoms with Crippen molar-refractivity contribution in [2.75, 3.05) is 23.8 Å². The van der Waals surface area contributed by atoms with Crippen LogP contribution in [0.5, 0.6) is 5.75 Å². The van der Waals surface area contributed by atoms with E-state index in [4.69, 9.17) is 4.74 Å². The lowest BCUT2D eigenvalue weighted by Gasteiger charge is -2.37. The molecule has 1 N–H and O–H groups in total. The van der Waals surface area contributed by atoms with Crippen LogP contribution in [0.2, 0.25) is 0 Å². The molecule has 2 fully saturated rings. The zero-order valence-electron chi connectivity index (χ0n) is 19.7. The van der Waals surface area contributed by atoms with E-state index in [-0.39, 0.29) is 12.5 Å². The monoisotopic (exact) mass is 467 g/mol.